The summed E-state index contributed by atoms with van der Waals surface area (Å²) in [4.78, 5) is 5.49. The Labute approximate surface area is 161 Å². The van der Waals surface area contributed by atoms with Crippen LogP contribution >= 0.6 is 0 Å². The van der Waals surface area contributed by atoms with Gasteiger partial charge in [0, 0.05) is 24.2 Å². The standard InChI is InChI=1S/C22H32BN2Si/c1-21(2,3)24-17-18-25(22(4,5)6)23(24)26(19-13-9-7-10-14-19)20-15-11-8-12-16-20/h7-16H,17-18H2,1-6H3. The minimum Gasteiger partial charge on any atom is -0.324 e. The van der Waals surface area contributed by atoms with Crippen molar-refractivity contribution in [2.24, 2.45) is 0 Å². The number of rotatable bonds is 3. The normalized spacial score (nSPS) is 17.3. The Morgan fingerprint density at radius 3 is 1.31 bits per heavy atom. The first-order valence-electron chi connectivity index (χ1n) is 9.71. The van der Waals surface area contributed by atoms with E-state index < -0.39 is 8.67 Å². The first-order chi connectivity index (χ1) is 12.2. The second-order valence-corrected chi connectivity index (χ2v) is 11.7. The van der Waals surface area contributed by atoms with E-state index in [0.717, 1.165) is 13.1 Å². The van der Waals surface area contributed by atoms with Crippen LogP contribution in [0.1, 0.15) is 41.5 Å². The first-order valence-corrected chi connectivity index (χ1v) is 11.3. The van der Waals surface area contributed by atoms with Crippen LogP contribution in [-0.4, -0.2) is 49.0 Å². The van der Waals surface area contributed by atoms with Crippen LogP contribution in [0.25, 0.3) is 0 Å². The highest BCUT2D eigenvalue weighted by molar-refractivity contribution is 7.31. The molecule has 1 heterocycles. The zero-order chi connectivity index (χ0) is 18.9. The lowest BCUT2D eigenvalue weighted by Gasteiger charge is -2.44. The predicted octanol–water partition coefficient (Wildman–Crippen LogP) is 3.08. The van der Waals surface area contributed by atoms with Crippen molar-refractivity contribution < 1.29 is 0 Å². The minimum atomic E-state index is -0.987. The van der Waals surface area contributed by atoms with Gasteiger partial charge in [0.2, 0.25) is 0 Å². The molecule has 137 valence electrons. The molecule has 0 aliphatic carbocycles. The molecule has 4 heteroatoms. The van der Waals surface area contributed by atoms with Gasteiger partial charge in [-0.2, -0.15) is 0 Å². The molecule has 0 atom stereocenters. The molecule has 2 nitrogen and oxygen atoms in total. The summed E-state index contributed by atoms with van der Waals surface area (Å²) in [5.74, 6) is 0. The fourth-order valence-electron chi connectivity index (χ4n) is 4.04. The maximum atomic E-state index is 2.74. The Bertz CT molecular complexity index is 645. The van der Waals surface area contributed by atoms with E-state index in [9.17, 15) is 0 Å². The molecule has 26 heavy (non-hydrogen) atoms. The quantitative estimate of drug-likeness (QED) is 0.774. The first kappa shape index (κ1) is 19.4. The summed E-state index contributed by atoms with van der Waals surface area (Å²) in [6.45, 7) is 16.9. The molecule has 3 rings (SSSR count). The molecule has 2 aromatic carbocycles. The van der Waals surface area contributed by atoms with Crippen LogP contribution in [0.15, 0.2) is 60.7 Å². The molecule has 0 saturated carbocycles. The van der Waals surface area contributed by atoms with Crippen LogP contribution in [0.3, 0.4) is 0 Å². The van der Waals surface area contributed by atoms with Gasteiger partial charge >= 0.3 is 6.57 Å². The summed E-state index contributed by atoms with van der Waals surface area (Å²) in [7, 11) is -0.987. The van der Waals surface area contributed by atoms with E-state index in [1.807, 2.05) is 0 Å². The topological polar surface area (TPSA) is 6.48 Å². The van der Waals surface area contributed by atoms with Crippen molar-refractivity contribution in [2.75, 3.05) is 13.1 Å². The largest absolute Gasteiger partial charge is 0.324 e. The van der Waals surface area contributed by atoms with Gasteiger partial charge in [-0.25, -0.2) is 0 Å². The lowest BCUT2D eigenvalue weighted by atomic mass is 9.90. The molecule has 0 N–H and O–H groups in total. The highest BCUT2D eigenvalue weighted by atomic mass is 28.3. The summed E-state index contributed by atoms with van der Waals surface area (Å²) >= 11 is 0. The van der Waals surface area contributed by atoms with Gasteiger partial charge in [0.05, 0.1) is 0 Å². The molecule has 0 bridgehead atoms. The number of hydrogen-bond donors (Lipinski definition) is 0. The van der Waals surface area contributed by atoms with Crippen molar-refractivity contribution >= 4 is 25.6 Å². The van der Waals surface area contributed by atoms with Gasteiger partial charge in [0.25, 0.3) is 0 Å². The lowest BCUT2D eigenvalue weighted by molar-refractivity contribution is 0.271. The molecule has 0 spiro atoms. The third-order valence-corrected chi connectivity index (χ3v) is 8.37. The van der Waals surface area contributed by atoms with Gasteiger partial charge in [-0.15, -0.1) is 0 Å². The second kappa shape index (κ2) is 7.34. The summed E-state index contributed by atoms with van der Waals surface area (Å²) in [6.07, 6.45) is 0. The summed E-state index contributed by atoms with van der Waals surface area (Å²) in [5, 5.41) is 3.00. The monoisotopic (exact) mass is 363 g/mol. The predicted molar refractivity (Wildman–Crippen MR) is 117 cm³/mol. The smallest absolute Gasteiger partial charge is 0.305 e. The summed E-state index contributed by atoms with van der Waals surface area (Å²) < 4.78 is 0. The molecule has 1 fully saturated rings. The van der Waals surface area contributed by atoms with Crippen LogP contribution in [0.4, 0.5) is 0 Å². The third kappa shape index (κ3) is 3.98. The Hall–Kier alpha value is -1.36. The average molecular weight is 363 g/mol. The molecular formula is C22H32BN2Si. The van der Waals surface area contributed by atoms with Crippen LogP contribution in [0.2, 0.25) is 0 Å². The SMILES string of the molecule is CC(C)(C)N1CCN(C(C)(C)C)B1[Si](c1ccccc1)c1ccccc1. The van der Waals surface area contributed by atoms with Gasteiger partial charge in [0.1, 0.15) is 8.67 Å². The van der Waals surface area contributed by atoms with E-state index in [1.54, 1.807) is 0 Å². The van der Waals surface area contributed by atoms with Gasteiger partial charge in [-0.05, 0) is 41.5 Å². The minimum absolute atomic E-state index is 0.157. The average Bonchev–Trinajstić information content (AvgIpc) is 3.02. The molecule has 0 amide bonds. The van der Waals surface area contributed by atoms with Crippen LogP contribution in [0.5, 0.6) is 0 Å². The van der Waals surface area contributed by atoms with E-state index in [2.05, 4.69) is 112 Å². The van der Waals surface area contributed by atoms with Gasteiger partial charge in [0.15, 0.2) is 0 Å². The maximum absolute atomic E-state index is 2.74. The highest BCUT2D eigenvalue weighted by Gasteiger charge is 2.51. The van der Waals surface area contributed by atoms with Crippen molar-refractivity contribution in [3.05, 3.63) is 60.7 Å². The second-order valence-electron chi connectivity index (χ2n) is 9.25. The molecule has 2 aromatic rings. The Morgan fingerprint density at radius 2 is 1.00 bits per heavy atom. The highest BCUT2D eigenvalue weighted by Crippen LogP contribution is 2.29. The molecule has 1 radical (unpaired) electrons. The molecule has 1 aliphatic rings. The third-order valence-electron chi connectivity index (χ3n) is 5.32. The zero-order valence-electron chi connectivity index (χ0n) is 17.2. The van der Waals surface area contributed by atoms with E-state index in [1.165, 1.54) is 10.4 Å². The summed E-state index contributed by atoms with van der Waals surface area (Å²) in [6, 6.07) is 22.4. The maximum Gasteiger partial charge on any atom is 0.305 e. The van der Waals surface area contributed by atoms with Crippen molar-refractivity contribution in [1.29, 1.82) is 0 Å². The van der Waals surface area contributed by atoms with Crippen molar-refractivity contribution in [1.82, 2.24) is 9.62 Å². The van der Waals surface area contributed by atoms with Gasteiger partial charge in [-0.3, -0.25) is 0 Å². The number of benzene rings is 2. The molecule has 1 aliphatic heterocycles. The fourth-order valence-corrected chi connectivity index (χ4v) is 7.73. The Kier molecular flexibility index (Phi) is 5.48. The van der Waals surface area contributed by atoms with Crippen LogP contribution in [0, 0.1) is 0 Å². The van der Waals surface area contributed by atoms with E-state index in [0.29, 0.717) is 6.57 Å². The molecular weight excluding hydrogens is 331 g/mol. The van der Waals surface area contributed by atoms with Crippen molar-refractivity contribution in [3.63, 3.8) is 0 Å². The van der Waals surface area contributed by atoms with Gasteiger partial charge in [-0.1, -0.05) is 71.0 Å². The molecule has 0 aromatic heterocycles. The van der Waals surface area contributed by atoms with Crippen molar-refractivity contribution in [3.8, 4) is 0 Å². The molecule has 0 unspecified atom stereocenters. The fraction of sp³-hybridized carbons (Fsp3) is 0.455. The van der Waals surface area contributed by atoms with Crippen LogP contribution < -0.4 is 10.4 Å². The van der Waals surface area contributed by atoms with Crippen LogP contribution in [-0.2, 0) is 0 Å². The van der Waals surface area contributed by atoms with E-state index in [-0.39, 0.29) is 11.1 Å². The Balaban J connectivity index is 2.15. The van der Waals surface area contributed by atoms with Gasteiger partial charge < -0.3 is 9.62 Å². The number of hydrogen-bond acceptors (Lipinski definition) is 2. The lowest BCUT2D eigenvalue weighted by Crippen LogP contribution is -2.70. The van der Waals surface area contributed by atoms with E-state index >= 15 is 0 Å². The number of nitrogens with zero attached hydrogens (tertiary/aromatic N) is 2. The van der Waals surface area contributed by atoms with Crippen molar-refractivity contribution in [2.45, 2.75) is 52.6 Å². The zero-order valence-corrected chi connectivity index (χ0v) is 18.2. The molecule has 1 saturated heterocycles. The Morgan fingerprint density at radius 1 is 0.654 bits per heavy atom. The summed E-state index contributed by atoms with van der Waals surface area (Å²) in [5.41, 5.74) is 0.314. The van der Waals surface area contributed by atoms with E-state index in [4.69, 9.17) is 0 Å².